The normalized spacial score (nSPS) is 10.9. The van der Waals surface area contributed by atoms with Gasteiger partial charge in [-0.25, -0.2) is 4.39 Å². The van der Waals surface area contributed by atoms with Crippen molar-refractivity contribution >= 4 is 39.8 Å². The van der Waals surface area contributed by atoms with Gasteiger partial charge in [0.25, 0.3) is 5.91 Å². The number of nitrogens with one attached hydrogen (secondary N) is 1. The molecule has 3 N–H and O–H groups in total. The SMILES string of the molecule is NC(=O)c1oc2ccc(F)cc2c1NC(=O)CCCc1cccs1. The minimum Gasteiger partial charge on any atom is -0.449 e. The van der Waals surface area contributed by atoms with Crippen LogP contribution in [0.5, 0.6) is 0 Å². The van der Waals surface area contributed by atoms with Crippen molar-refractivity contribution in [1.82, 2.24) is 0 Å². The van der Waals surface area contributed by atoms with Gasteiger partial charge in [-0.05, 0) is 42.5 Å². The molecule has 2 heterocycles. The van der Waals surface area contributed by atoms with E-state index in [0.717, 1.165) is 6.42 Å². The van der Waals surface area contributed by atoms with Crippen LogP contribution >= 0.6 is 11.3 Å². The molecule has 3 aromatic rings. The summed E-state index contributed by atoms with van der Waals surface area (Å²) >= 11 is 1.64. The van der Waals surface area contributed by atoms with Gasteiger partial charge < -0.3 is 15.5 Å². The van der Waals surface area contributed by atoms with Crippen LogP contribution in [0.15, 0.2) is 40.1 Å². The molecule has 5 nitrogen and oxygen atoms in total. The monoisotopic (exact) mass is 346 g/mol. The number of hydrogen-bond donors (Lipinski definition) is 2. The van der Waals surface area contributed by atoms with Gasteiger partial charge >= 0.3 is 0 Å². The number of fused-ring (bicyclic) bond motifs is 1. The van der Waals surface area contributed by atoms with Crippen molar-refractivity contribution in [2.45, 2.75) is 19.3 Å². The predicted octanol–water partition coefficient (Wildman–Crippen LogP) is 3.69. The van der Waals surface area contributed by atoms with E-state index in [4.69, 9.17) is 10.2 Å². The van der Waals surface area contributed by atoms with E-state index < -0.39 is 11.7 Å². The van der Waals surface area contributed by atoms with Crippen LogP contribution in [0.25, 0.3) is 11.0 Å². The molecule has 0 spiro atoms. The standard InChI is InChI=1S/C17H15FN2O3S/c18-10-6-7-13-12(9-10)15(16(23-13)17(19)22)20-14(21)5-1-3-11-4-2-8-24-11/h2,4,6-9H,1,3,5H2,(H2,19,22)(H,20,21). The number of nitrogens with two attached hydrogens (primary N) is 1. The Hall–Kier alpha value is -2.67. The summed E-state index contributed by atoms with van der Waals surface area (Å²) in [4.78, 5) is 24.9. The molecule has 0 saturated heterocycles. The average Bonchev–Trinajstić information content (AvgIpc) is 3.16. The number of rotatable bonds is 6. The van der Waals surface area contributed by atoms with Crippen molar-refractivity contribution in [3.63, 3.8) is 0 Å². The van der Waals surface area contributed by atoms with Crippen LogP contribution in [0.1, 0.15) is 28.3 Å². The van der Waals surface area contributed by atoms with E-state index in [9.17, 15) is 14.0 Å². The number of anilines is 1. The summed E-state index contributed by atoms with van der Waals surface area (Å²) in [5, 5.41) is 4.93. The molecular formula is C17H15FN2O3S. The Morgan fingerprint density at radius 2 is 2.12 bits per heavy atom. The molecule has 0 aliphatic rings. The molecule has 1 aromatic carbocycles. The second-order valence-electron chi connectivity index (χ2n) is 5.29. The van der Waals surface area contributed by atoms with E-state index in [0.29, 0.717) is 17.4 Å². The molecule has 0 saturated carbocycles. The highest BCUT2D eigenvalue weighted by molar-refractivity contribution is 7.09. The Labute approximate surface area is 141 Å². The quantitative estimate of drug-likeness (QED) is 0.714. The lowest BCUT2D eigenvalue weighted by molar-refractivity contribution is -0.116. The average molecular weight is 346 g/mol. The molecule has 2 aromatic heterocycles. The molecule has 24 heavy (non-hydrogen) atoms. The maximum absolute atomic E-state index is 13.5. The number of carbonyl (C=O) groups excluding carboxylic acids is 2. The fraction of sp³-hybridized carbons (Fsp3) is 0.176. The zero-order valence-corrected chi connectivity index (χ0v) is 13.5. The van der Waals surface area contributed by atoms with Gasteiger partial charge in [0.2, 0.25) is 11.7 Å². The van der Waals surface area contributed by atoms with E-state index in [1.54, 1.807) is 11.3 Å². The minimum absolute atomic E-state index is 0.123. The van der Waals surface area contributed by atoms with Crippen molar-refractivity contribution in [1.29, 1.82) is 0 Å². The van der Waals surface area contributed by atoms with Gasteiger partial charge in [-0.1, -0.05) is 6.07 Å². The Kier molecular flexibility index (Phi) is 4.61. The topological polar surface area (TPSA) is 85.3 Å². The molecule has 0 aliphatic heterocycles. The number of aryl methyl sites for hydroxylation is 1. The maximum Gasteiger partial charge on any atom is 0.286 e. The summed E-state index contributed by atoms with van der Waals surface area (Å²) in [7, 11) is 0. The van der Waals surface area contributed by atoms with Gasteiger partial charge in [-0.3, -0.25) is 9.59 Å². The van der Waals surface area contributed by atoms with Crippen LogP contribution in [0.4, 0.5) is 10.1 Å². The summed E-state index contributed by atoms with van der Waals surface area (Å²) in [6, 6.07) is 7.78. The second kappa shape index (κ2) is 6.84. The van der Waals surface area contributed by atoms with E-state index in [2.05, 4.69) is 5.32 Å². The highest BCUT2D eigenvalue weighted by Gasteiger charge is 2.20. The largest absolute Gasteiger partial charge is 0.449 e. The summed E-state index contributed by atoms with van der Waals surface area (Å²) in [5.74, 6) is -1.77. The first kappa shape index (κ1) is 16.2. The van der Waals surface area contributed by atoms with Crippen LogP contribution in [0.3, 0.4) is 0 Å². The van der Waals surface area contributed by atoms with Crippen LogP contribution in [-0.2, 0) is 11.2 Å². The lowest BCUT2D eigenvalue weighted by atomic mass is 10.2. The molecule has 0 atom stereocenters. The third-order valence-corrected chi connectivity index (χ3v) is 4.48. The summed E-state index contributed by atoms with van der Waals surface area (Å²) in [5.41, 5.74) is 5.69. The first-order valence-electron chi connectivity index (χ1n) is 7.38. The molecule has 3 rings (SSSR count). The second-order valence-corrected chi connectivity index (χ2v) is 6.32. The third kappa shape index (κ3) is 3.46. The number of carbonyl (C=O) groups is 2. The van der Waals surface area contributed by atoms with Crippen LogP contribution < -0.4 is 11.1 Å². The van der Waals surface area contributed by atoms with Crippen molar-refractivity contribution in [2.75, 3.05) is 5.32 Å². The number of primary amides is 1. The minimum atomic E-state index is -0.819. The molecule has 0 fully saturated rings. The van der Waals surface area contributed by atoms with Gasteiger partial charge in [0.1, 0.15) is 17.1 Å². The van der Waals surface area contributed by atoms with E-state index in [1.807, 2.05) is 17.5 Å². The molecular weight excluding hydrogens is 331 g/mol. The molecule has 0 unspecified atom stereocenters. The van der Waals surface area contributed by atoms with E-state index in [-0.39, 0.29) is 23.8 Å². The molecule has 124 valence electrons. The third-order valence-electron chi connectivity index (χ3n) is 3.55. The van der Waals surface area contributed by atoms with Crippen LogP contribution in [-0.4, -0.2) is 11.8 Å². The van der Waals surface area contributed by atoms with Gasteiger partial charge in [0.05, 0.1) is 0 Å². The van der Waals surface area contributed by atoms with Crippen LogP contribution in [0, 0.1) is 5.82 Å². The Morgan fingerprint density at radius 1 is 1.29 bits per heavy atom. The predicted molar refractivity (Wildman–Crippen MR) is 90.6 cm³/mol. The first-order valence-corrected chi connectivity index (χ1v) is 8.26. The number of benzene rings is 1. The number of amides is 2. The molecule has 0 radical (unpaired) electrons. The molecule has 0 bridgehead atoms. The summed E-state index contributed by atoms with van der Waals surface area (Å²) < 4.78 is 18.8. The van der Waals surface area contributed by atoms with Crippen molar-refractivity contribution < 1.29 is 18.4 Å². The van der Waals surface area contributed by atoms with Gasteiger partial charge in [-0.15, -0.1) is 11.3 Å². The molecule has 2 amide bonds. The van der Waals surface area contributed by atoms with Crippen molar-refractivity contribution in [3.05, 3.63) is 52.2 Å². The van der Waals surface area contributed by atoms with Gasteiger partial charge in [0, 0.05) is 16.7 Å². The summed E-state index contributed by atoms with van der Waals surface area (Å²) in [6.45, 7) is 0. The highest BCUT2D eigenvalue weighted by atomic mass is 32.1. The fourth-order valence-corrected chi connectivity index (χ4v) is 3.20. The maximum atomic E-state index is 13.5. The molecule has 0 aliphatic carbocycles. The fourth-order valence-electron chi connectivity index (χ4n) is 2.45. The van der Waals surface area contributed by atoms with Gasteiger partial charge in [-0.2, -0.15) is 0 Å². The smallest absolute Gasteiger partial charge is 0.286 e. The Balaban J connectivity index is 1.75. The first-order chi connectivity index (χ1) is 11.5. The number of furan rings is 1. The molecule has 7 heteroatoms. The Morgan fingerprint density at radius 3 is 2.83 bits per heavy atom. The van der Waals surface area contributed by atoms with Crippen LogP contribution in [0.2, 0.25) is 0 Å². The van der Waals surface area contributed by atoms with Crippen molar-refractivity contribution in [3.8, 4) is 0 Å². The van der Waals surface area contributed by atoms with E-state index >= 15 is 0 Å². The number of thiophene rings is 1. The highest BCUT2D eigenvalue weighted by Crippen LogP contribution is 2.31. The zero-order chi connectivity index (χ0) is 17.1. The van der Waals surface area contributed by atoms with Gasteiger partial charge in [0.15, 0.2) is 0 Å². The lowest BCUT2D eigenvalue weighted by Crippen LogP contribution is -2.16. The summed E-state index contributed by atoms with van der Waals surface area (Å²) in [6.07, 6.45) is 1.75. The zero-order valence-electron chi connectivity index (χ0n) is 12.7. The Bertz CT molecular complexity index is 887. The van der Waals surface area contributed by atoms with Crippen molar-refractivity contribution in [2.24, 2.45) is 5.73 Å². The number of halogens is 1. The van der Waals surface area contributed by atoms with E-state index in [1.165, 1.54) is 23.1 Å². The lowest BCUT2D eigenvalue weighted by Gasteiger charge is -2.04. The number of hydrogen-bond acceptors (Lipinski definition) is 4.